The lowest BCUT2D eigenvalue weighted by Crippen LogP contribution is -2.21. The standard InChI is InChI=1S/C19H13BrF3NO2/c20-18-17(26-11-13-5-6-14(21)9-16(13)23)7-8-24(19(18)25)10-12-3-1-2-4-15(12)22/h1-9H,10-11H2. The molecule has 3 nitrogen and oxygen atoms in total. The van der Waals surface area contributed by atoms with Gasteiger partial charge in [-0.1, -0.05) is 18.2 Å². The molecule has 0 aliphatic carbocycles. The van der Waals surface area contributed by atoms with Crippen LogP contribution in [0.15, 0.2) is 64.0 Å². The minimum atomic E-state index is -0.728. The average Bonchev–Trinajstić information content (AvgIpc) is 2.61. The van der Waals surface area contributed by atoms with Gasteiger partial charge in [0.05, 0.1) is 6.54 Å². The largest absolute Gasteiger partial charge is 0.487 e. The molecule has 0 aliphatic heterocycles. The van der Waals surface area contributed by atoms with Crippen molar-refractivity contribution >= 4 is 15.9 Å². The minimum Gasteiger partial charge on any atom is -0.487 e. The van der Waals surface area contributed by atoms with E-state index in [4.69, 9.17) is 4.74 Å². The van der Waals surface area contributed by atoms with E-state index in [1.807, 2.05) is 0 Å². The van der Waals surface area contributed by atoms with Gasteiger partial charge in [-0.05, 0) is 40.2 Å². The fourth-order valence-corrected chi connectivity index (χ4v) is 2.84. The first-order valence-electron chi connectivity index (χ1n) is 7.65. The Labute approximate surface area is 155 Å². The molecule has 0 radical (unpaired) electrons. The smallest absolute Gasteiger partial charge is 0.268 e. The van der Waals surface area contributed by atoms with Crippen LogP contribution in [0.1, 0.15) is 11.1 Å². The summed E-state index contributed by atoms with van der Waals surface area (Å²) >= 11 is 3.16. The van der Waals surface area contributed by atoms with Gasteiger partial charge in [-0.25, -0.2) is 13.2 Å². The first-order valence-corrected chi connectivity index (χ1v) is 8.44. The number of hydrogen-bond donors (Lipinski definition) is 0. The Hall–Kier alpha value is -2.54. The summed E-state index contributed by atoms with van der Waals surface area (Å²) in [6, 6.07) is 10.9. The van der Waals surface area contributed by atoms with Crippen LogP contribution in [-0.2, 0) is 13.2 Å². The lowest BCUT2D eigenvalue weighted by molar-refractivity contribution is 0.296. The van der Waals surface area contributed by atoms with E-state index in [0.717, 1.165) is 12.1 Å². The van der Waals surface area contributed by atoms with Crippen molar-refractivity contribution < 1.29 is 17.9 Å². The number of benzene rings is 2. The summed E-state index contributed by atoms with van der Waals surface area (Å²) in [5.74, 6) is -1.59. The second-order valence-corrected chi connectivity index (χ2v) is 6.34. The second kappa shape index (κ2) is 7.78. The van der Waals surface area contributed by atoms with Crippen molar-refractivity contribution in [3.05, 3.63) is 98.1 Å². The Balaban J connectivity index is 1.79. The Bertz CT molecular complexity index is 1000. The van der Waals surface area contributed by atoms with Crippen LogP contribution in [0, 0.1) is 17.5 Å². The van der Waals surface area contributed by atoms with Gasteiger partial charge >= 0.3 is 0 Å². The molecule has 7 heteroatoms. The average molecular weight is 424 g/mol. The van der Waals surface area contributed by atoms with Crippen molar-refractivity contribution in [2.45, 2.75) is 13.2 Å². The molecule has 0 spiro atoms. The fourth-order valence-electron chi connectivity index (χ4n) is 2.37. The van der Waals surface area contributed by atoms with Crippen molar-refractivity contribution in [2.24, 2.45) is 0 Å². The first kappa shape index (κ1) is 18.3. The molecule has 0 N–H and O–H groups in total. The van der Waals surface area contributed by atoms with Crippen LogP contribution < -0.4 is 10.3 Å². The molecule has 2 aromatic carbocycles. The summed E-state index contributed by atoms with van der Waals surface area (Å²) in [5.41, 5.74) is 0.128. The van der Waals surface area contributed by atoms with Gasteiger partial charge in [0.2, 0.25) is 0 Å². The molecule has 0 bridgehead atoms. The number of aromatic nitrogens is 1. The zero-order valence-corrected chi connectivity index (χ0v) is 15.0. The van der Waals surface area contributed by atoms with Crippen LogP contribution in [0.25, 0.3) is 0 Å². The van der Waals surface area contributed by atoms with Crippen LogP contribution in [-0.4, -0.2) is 4.57 Å². The van der Waals surface area contributed by atoms with Gasteiger partial charge in [0.15, 0.2) is 0 Å². The van der Waals surface area contributed by atoms with Gasteiger partial charge < -0.3 is 9.30 Å². The third-order valence-corrected chi connectivity index (χ3v) is 4.50. The molecule has 0 amide bonds. The normalized spacial score (nSPS) is 10.8. The number of pyridine rings is 1. The molecule has 0 saturated heterocycles. The van der Waals surface area contributed by atoms with Gasteiger partial charge in [0.25, 0.3) is 5.56 Å². The summed E-state index contributed by atoms with van der Waals surface area (Å²) in [7, 11) is 0. The van der Waals surface area contributed by atoms with E-state index in [-0.39, 0.29) is 28.9 Å². The third-order valence-electron chi connectivity index (χ3n) is 3.77. The fraction of sp³-hybridized carbons (Fsp3) is 0.105. The molecule has 1 aromatic heterocycles. The zero-order chi connectivity index (χ0) is 18.7. The highest BCUT2D eigenvalue weighted by molar-refractivity contribution is 9.10. The van der Waals surface area contributed by atoms with Crippen molar-refractivity contribution in [1.29, 1.82) is 0 Å². The van der Waals surface area contributed by atoms with E-state index in [2.05, 4.69) is 15.9 Å². The van der Waals surface area contributed by atoms with Crippen LogP contribution in [0.3, 0.4) is 0 Å². The van der Waals surface area contributed by atoms with Crippen LogP contribution >= 0.6 is 15.9 Å². The number of nitrogens with zero attached hydrogens (tertiary/aromatic N) is 1. The Kier molecular flexibility index (Phi) is 5.46. The molecule has 0 aliphatic rings. The van der Waals surface area contributed by atoms with E-state index in [1.54, 1.807) is 18.2 Å². The molecule has 0 atom stereocenters. The SMILES string of the molecule is O=c1c(Br)c(OCc2ccc(F)cc2F)ccn1Cc1ccccc1F. The highest BCUT2D eigenvalue weighted by Gasteiger charge is 2.12. The molecule has 0 unspecified atom stereocenters. The maximum Gasteiger partial charge on any atom is 0.268 e. The van der Waals surface area contributed by atoms with Gasteiger partial charge in [0, 0.05) is 23.4 Å². The van der Waals surface area contributed by atoms with Crippen LogP contribution in [0.4, 0.5) is 13.2 Å². The Morgan fingerprint density at radius 3 is 2.46 bits per heavy atom. The summed E-state index contributed by atoms with van der Waals surface area (Å²) in [4.78, 5) is 12.4. The monoisotopic (exact) mass is 423 g/mol. The van der Waals surface area contributed by atoms with Gasteiger partial charge in [-0.15, -0.1) is 0 Å². The maximum atomic E-state index is 13.7. The molecular formula is C19H13BrF3NO2. The Morgan fingerprint density at radius 2 is 1.73 bits per heavy atom. The summed E-state index contributed by atoms with van der Waals surface area (Å²) in [6.07, 6.45) is 1.47. The second-order valence-electron chi connectivity index (χ2n) is 5.54. The first-order chi connectivity index (χ1) is 12.5. The third kappa shape index (κ3) is 3.99. The van der Waals surface area contributed by atoms with Gasteiger partial charge in [0.1, 0.15) is 34.3 Å². The molecule has 0 saturated carbocycles. The van der Waals surface area contributed by atoms with Crippen molar-refractivity contribution in [1.82, 2.24) is 4.57 Å². The summed E-state index contributed by atoms with van der Waals surface area (Å²) < 4.78 is 47.2. The molecule has 134 valence electrons. The molecule has 0 fully saturated rings. The molecule has 3 aromatic rings. The maximum absolute atomic E-state index is 13.7. The van der Waals surface area contributed by atoms with E-state index >= 15 is 0 Å². The lowest BCUT2D eigenvalue weighted by Gasteiger charge is -2.12. The number of halogens is 4. The van der Waals surface area contributed by atoms with Gasteiger partial charge in [-0.3, -0.25) is 4.79 Å². The van der Waals surface area contributed by atoms with E-state index in [9.17, 15) is 18.0 Å². The minimum absolute atomic E-state index is 0.0664. The summed E-state index contributed by atoms with van der Waals surface area (Å²) in [5, 5.41) is 0. The lowest BCUT2D eigenvalue weighted by atomic mass is 10.2. The van der Waals surface area contributed by atoms with Crippen LogP contribution in [0.5, 0.6) is 5.75 Å². The Morgan fingerprint density at radius 1 is 0.962 bits per heavy atom. The van der Waals surface area contributed by atoms with Crippen molar-refractivity contribution in [3.63, 3.8) is 0 Å². The topological polar surface area (TPSA) is 31.2 Å². The number of hydrogen-bond acceptors (Lipinski definition) is 2. The van der Waals surface area contributed by atoms with Crippen molar-refractivity contribution in [3.8, 4) is 5.75 Å². The highest BCUT2D eigenvalue weighted by atomic mass is 79.9. The number of rotatable bonds is 5. The molecule has 26 heavy (non-hydrogen) atoms. The molecular weight excluding hydrogens is 411 g/mol. The summed E-state index contributed by atoms with van der Waals surface area (Å²) in [6.45, 7) is -0.0988. The van der Waals surface area contributed by atoms with E-state index in [0.29, 0.717) is 5.56 Å². The van der Waals surface area contributed by atoms with Crippen molar-refractivity contribution in [2.75, 3.05) is 0 Å². The molecule has 1 heterocycles. The van der Waals surface area contributed by atoms with Crippen LogP contribution in [0.2, 0.25) is 0 Å². The molecule has 3 rings (SSSR count). The van der Waals surface area contributed by atoms with Gasteiger partial charge in [-0.2, -0.15) is 0 Å². The zero-order valence-electron chi connectivity index (χ0n) is 13.4. The number of ether oxygens (including phenoxy) is 1. The highest BCUT2D eigenvalue weighted by Crippen LogP contribution is 2.22. The predicted molar refractivity (Wildman–Crippen MR) is 94.6 cm³/mol. The predicted octanol–water partition coefficient (Wildman–Crippen LogP) is 4.66. The quantitative estimate of drug-likeness (QED) is 0.597. The van der Waals surface area contributed by atoms with E-state index < -0.39 is 23.0 Å². The van der Waals surface area contributed by atoms with E-state index in [1.165, 1.54) is 29.0 Å².